The summed E-state index contributed by atoms with van der Waals surface area (Å²) in [5, 5.41) is 40.2. The summed E-state index contributed by atoms with van der Waals surface area (Å²) >= 11 is 0. The molecule has 0 aromatic heterocycles. The number of benzene rings is 1. The van der Waals surface area contributed by atoms with E-state index in [-0.39, 0.29) is 12.0 Å². The molecule has 184 valence electrons. The molecule has 2 bridgehead atoms. The van der Waals surface area contributed by atoms with Crippen molar-refractivity contribution < 1.29 is 48.3 Å². The van der Waals surface area contributed by atoms with Gasteiger partial charge < -0.3 is 44.3 Å². The molecule has 4 N–H and O–H groups in total. The number of nitrogens with zero attached hydrogens (tertiary/aromatic N) is 1. The summed E-state index contributed by atoms with van der Waals surface area (Å²) in [4.78, 5) is 13.1. The molecule has 2 saturated heterocycles. The fourth-order valence-corrected chi connectivity index (χ4v) is 6.62. The van der Waals surface area contributed by atoms with Crippen molar-refractivity contribution in [2.24, 2.45) is 5.92 Å². The van der Waals surface area contributed by atoms with Gasteiger partial charge in [-0.15, -0.1) is 0 Å². The van der Waals surface area contributed by atoms with E-state index in [1.165, 1.54) is 0 Å². The molecule has 0 amide bonds. The second kappa shape index (κ2) is 7.64. The van der Waals surface area contributed by atoms with Crippen molar-refractivity contribution >= 4 is 5.97 Å². The Kier molecular flexibility index (Phi) is 4.28. The predicted octanol–water partition coefficient (Wildman–Crippen LogP) is -0.582. The number of hydrogen-bond acceptors (Lipinski definition) is 9. The van der Waals surface area contributed by atoms with Crippen LogP contribution in [-0.4, -0.2) is 101 Å². The minimum atomic E-state index is -2.27. The van der Waals surface area contributed by atoms with Gasteiger partial charge in [-0.2, -0.15) is 0 Å². The van der Waals surface area contributed by atoms with Gasteiger partial charge in [0.15, 0.2) is 23.9 Å². The number of aliphatic carboxylic acids is 1. The fraction of sp³-hybridized carbons (Fsp3) is 0.625. The first-order valence-corrected chi connectivity index (χ1v) is 11.4. The topological polar surface area (TPSA) is 138 Å². The van der Waals surface area contributed by atoms with Crippen molar-refractivity contribution in [1.82, 2.24) is 4.90 Å². The molecule has 2 fully saturated rings. The average molecular weight is 479 g/mol. The highest BCUT2D eigenvalue weighted by Gasteiger charge is 2.65. The fourth-order valence-electron chi connectivity index (χ4n) is 6.62. The second-order valence-electron chi connectivity index (χ2n) is 9.67. The molecule has 34 heavy (non-hydrogen) atoms. The molecule has 6 rings (SSSR count). The zero-order valence-corrected chi connectivity index (χ0v) is 18.4. The Morgan fingerprint density at radius 3 is 2.79 bits per heavy atom. The second-order valence-corrected chi connectivity index (χ2v) is 9.67. The summed E-state index contributed by atoms with van der Waals surface area (Å²) in [6, 6.07) is 3.43. The third kappa shape index (κ3) is 2.81. The molecule has 10 heteroatoms. The minimum Gasteiger partial charge on any atom is -0.493 e. The lowest BCUT2D eigenvalue weighted by Gasteiger charge is -2.57. The standard InChI is InChI=1S/C24H29NO9/c1-25-8-7-24-11-4-6-14(32-23-18(28)16(26)17(27)20(34-23)22(29)30)21(24)33-19-13(31-2)5-3-10(15(19)24)9-12(11)25/h3-6,11-12,14,16-18,20-21,23,26-28H,7-9H2,1-2H3,(H,29,30)/t11-,12-,14-,16?,17-,18+,20-,21-,23+,24-/m0/s1/i1D3. The number of methoxy groups -OCH3 is 1. The number of carboxylic acids is 1. The Morgan fingerprint density at radius 2 is 2.06 bits per heavy atom. The van der Waals surface area contributed by atoms with Gasteiger partial charge >= 0.3 is 5.97 Å². The van der Waals surface area contributed by atoms with E-state index in [2.05, 4.69) is 0 Å². The maximum atomic E-state index is 11.6. The van der Waals surface area contributed by atoms with Gasteiger partial charge in [0.1, 0.15) is 30.5 Å². The zero-order chi connectivity index (χ0) is 26.4. The molecule has 1 spiro atoms. The van der Waals surface area contributed by atoms with Crippen LogP contribution in [0, 0.1) is 5.92 Å². The molecule has 0 saturated carbocycles. The molecule has 0 radical (unpaired) electrons. The van der Waals surface area contributed by atoms with Crippen LogP contribution in [0.1, 0.15) is 21.7 Å². The monoisotopic (exact) mass is 478 g/mol. The summed E-state index contributed by atoms with van der Waals surface area (Å²) in [5.74, 6) is -0.605. The number of ether oxygens (including phenoxy) is 4. The van der Waals surface area contributed by atoms with Crippen LogP contribution in [0.4, 0.5) is 0 Å². The Hall–Kier alpha value is -2.21. The number of aliphatic hydroxyl groups is 3. The summed E-state index contributed by atoms with van der Waals surface area (Å²) in [6.07, 6.45) is -5.56. The van der Waals surface area contributed by atoms with Crippen LogP contribution in [0.15, 0.2) is 24.3 Å². The minimum absolute atomic E-state index is 0.205. The van der Waals surface area contributed by atoms with Crippen molar-refractivity contribution in [2.45, 2.75) is 67.2 Å². The van der Waals surface area contributed by atoms with Crippen molar-refractivity contribution in [1.29, 1.82) is 0 Å². The molecule has 1 aromatic carbocycles. The highest BCUT2D eigenvalue weighted by atomic mass is 16.7. The molecule has 1 unspecified atom stereocenters. The van der Waals surface area contributed by atoms with Gasteiger partial charge in [0.05, 0.1) is 7.11 Å². The molecular formula is C24H29NO9. The lowest BCUT2D eigenvalue weighted by Crippen LogP contribution is -2.66. The van der Waals surface area contributed by atoms with Crippen LogP contribution in [0.5, 0.6) is 11.5 Å². The first-order chi connectivity index (χ1) is 17.5. The first kappa shape index (κ1) is 19.0. The van der Waals surface area contributed by atoms with E-state index < -0.39 is 61.3 Å². The number of aliphatic hydroxyl groups excluding tert-OH is 3. The van der Waals surface area contributed by atoms with E-state index in [1.54, 1.807) is 24.2 Å². The number of likely N-dealkylation sites (N-methyl/N-ethyl adjacent to an activating group) is 1. The zero-order valence-electron chi connectivity index (χ0n) is 21.4. The number of hydrogen-bond donors (Lipinski definition) is 4. The Morgan fingerprint density at radius 1 is 1.24 bits per heavy atom. The van der Waals surface area contributed by atoms with Crippen LogP contribution in [0.3, 0.4) is 0 Å². The van der Waals surface area contributed by atoms with E-state index in [4.69, 9.17) is 23.1 Å². The summed E-state index contributed by atoms with van der Waals surface area (Å²) in [5.41, 5.74) is 1.29. The molecule has 3 aliphatic heterocycles. The molecule has 10 atom stereocenters. The molecular weight excluding hydrogens is 446 g/mol. The number of carbonyl (C=O) groups is 1. The highest BCUT2D eigenvalue weighted by Crippen LogP contribution is 2.62. The lowest BCUT2D eigenvalue weighted by molar-refractivity contribution is -0.307. The quantitative estimate of drug-likeness (QED) is 0.416. The van der Waals surface area contributed by atoms with Gasteiger partial charge in [-0.05, 0) is 38.0 Å². The molecule has 10 nitrogen and oxygen atoms in total. The Bertz CT molecular complexity index is 1150. The number of likely N-dealkylation sites (tertiary alicyclic amines) is 1. The summed E-state index contributed by atoms with van der Waals surface area (Å²) < 4.78 is 47.8. The molecule has 3 heterocycles. The van der Waals surface area contributed by atoms with Gasteiger partial charge in [0.2, 0.25) is 0 Å². The highest BCUT2D eigenvalue weighted by molar-refractivity contribution is 5.73. The van der Waals surface area contributed by atoms with Crippen LogP contribution in [0.25, 0.3) is 0 Å². The number of rotatable bonds is 4. The smallest absolute Gasteiger partial charge is 0.335 e. The maximum Gasteiger partial charge on any atom is 0.335 e. The van der Waals surface area contributed by atoms with E-state index in [0.717, 1.165) is 11.1 Å². The Balaban J connectivity index is 1.40. The summed E-state index contributed by atoms with van der Waals surface area (Å²) in [7, 11) is 1.54. The van der Waals surface area contributed by atoms with Crippen molar-refractivity contribution in [3.8, 4) is 11.5 Å². The predicted molar refractivity (Wildman–Crippen MR) is 116 cm³/mol. The van der Waals surface area contributed by atoms with Crippen LogP contribution in [0.2, 0.25) is 0 Å². The van der Waals surface area contributed by atoms with Crippen LogP contribution >= 0.6 is 0 Å². The number of carboxylic acid groups (broad SMARTS) is 1. The SMILES string of the molecule is [2H]C([2H])([2H])N1CC[C@]23c4c5ccc(OC)c4O[C@H]2[C@@H](O[C@@H]2O[C@H](C(=O)O)[C@@H](O)C(O)[C@H]2O)C=C[C@H]3[C@@H]1C5. The van der Waals surface area contributed by atoms with E-state index in [1.807, 2.05) is 12.1 Å². The normalized spacial score (nSPS) is 46.0. The van der Waals surface area contributed by atoms with Crippen LogP contribution in [-0.2, 0) is 26.1 Å². The average Bonchev–Trinajstić information content (AvgIpc) is 3.18. The van der Waals surface area contributed by atoms with Gasteiger partial charge in [0.25, 0.3) is 0 Å². The van der Waals surface area contributed by atoms with Crippen LogP contribution < -0.4 is 9.47 Å². The van der Waals surface area contributed by atoms with E-state index in [9.17, 15) is 25.2 Å². The van der Waals surface area contributed by atoms with Crippen molar-refractivity contribution in [3.05, 3.63) is 35.4 Å². The van der Waals surface area contributed by atoms with E-state index in [0.29, 0.717) is 30.9 Å². The van der Waals surface area contributed by atoms with Gasteiger partial charge in [-0.3, -0.25) is 0 Å². The maximum absolute atomic E-state index is 11.6. The van der Waals surface area contributed by atoms with E-state index >= 15 is 0 Å². The van der Waals surface area contributed by atoms with Gasteiger partial charge in [-0.1, -0.05) is 18.2 Å². The lowest BCUT2D eigenvalue weighted by atomic mass is 9.53. The van der Waals surface area contributed by atoms with Crippen molar-refractivity contribution in [2.75, 3.05) is 20.6 Å². The first-order valence-electron chi connectivity index (χ1n) is 12.9. The largest absolute Gasteiger partial charge is 0.493 e. The third-order valence-electron chi connectivity index (χ3n) is 8.16. The molecule has 1 aromatic rings. The van der Waals surface area contributed by atoms with Gasteiger partial charge in [0, 0.05) is 27.1 Å². The number of piperidine rings is 1. The third-order valence-corrected chi connectivity index (χ3v) is 8.16. The van der Waals surface area contributed by atoms with Gasteiger partial charge in [-0.25, -0.2) is 4.79 Å². The molecule has 2 aliphatic carbocycles. The summed E-state index contributed by atoms with van der Waals surface area (Å²) in [6.45, 7) is -1.96. The molecule has 5 aliphatic rings. The van der Waals surface area contributed by atoms with Crippen molar-refractivity contribution in [3.63, 3.8) is 0 Å². The Labute approximate surface area is 200 Å².